The first-order valence-electron chi connectivity index (χ1n) is 6.39. The maximum Gasteiger partial charge on any atom is 0.340 e. The maximum absolute atomic E-state index is 11.7. The molecule has 0 aliphatic rings. The summed E-state index contributed by atoms with van der Waals surface area (Å²) in [5, 5.41) is 13.3. The van der Waals surface area contributed by atoms with Crippen molar-refractivity contribution in [3.8, 4) is 0 Å². The van der Waals surface area contributed by atoms with Crippen LogP contribution in [0.25, 0.3) is 0 Å². The minimum Gasteiger partial charge on any atom is -0.452 e. The molecule has 0 fully saturated rings. The number of nitrogens with zero attached hydrogens (tertiary/aromatic N) is 2. The van der Waals surface area contributed by atoms with Gasteiger partial charge >= 0.3 is 5.97 Å². The lowest BCUT2D eigenvalue weighted by molar-refractivity contribution is -0.384. The SMILES string of the molecule is O=C(COC(=O)c1ccc(Cl)nc1)Nc1ccc(Cl)c([N+](=O)[O-])c1. The quantitative estimate of drug-likeness (QED) is 0.375. The third-order valence-corrected chi connectivity index (χ3v) is 3.27. The number of carbonyl (C=O) groups is 2. The zero-order valence-electron chi connectivity index (χ0n) is 11.9. The van der Waals surface area contributed by atoms with Crippen molar-refractivity contribution in [2.24, 2.45) is 0 Å². The van der Waals surface area contributed by atoms with E-state index in [9.17, 15) is 19.7 Å². The van der Waals surface area contributed by atoms with Crippen LogP contribution < -0.4 is 5.32 Å². The highest BCUT2D eigenvalue weighted by Gasteiger charge is 2.15. The lowest BCUT2D eigenvalue weighted by atomic mass is 10.3. The van der Waals surface area contributed by atoms with Gasteiger partial charge in [0.25, 0.3) is 11.6 Å². The molecule has 0 spiro atoms. The van der Waals surface area contributed by atoms with Gasteiger partial charge in [0.05, 0.1) is 10.5 Å². The minimum atomic E-state index is -0.753. The number of halogens is 2. The van der Waals surface area contributed by atoms with Crippen molar-refractivity contribution in [3.05, 3.63) is 62.4 Å². The molecule has 24 heavy (non-hydrogen) atoms. The standard InChI is InChI=1S/C14H9Cl2N3O5/c15-10-3-2-9(5-11(10)19(22)23)18-13(20)7-24-14(21)8-1-4-12(16)17-6-8/h1-6H,7H2,(H,18,20). The van der Waals surface area contributed by atoms with E-state index in [4.69, 9.17) is 27.9 Å². The van der Waals surface area contributed by atoms with Gasteiger partial charge in [0.2, 0.25) is 0 Å². The molecule has 0 saturated carbocycles. The number of aromatic nitrogens is 1. The summed E-state index contributed by atoms with van der Waals surface area (Å²) < 4.78 is 4.81. The lowest BCUT2D eigenvalue weighted by Crippen LogP contribution is -2.21. The number of rotatable bonds is 5. The first-order chi connectivity index (χ1) is 11.4. The number of esters is 1. The van der Waals surface area contributed by atoms with Crippen LogP contribution in [0.5, 0.6) is 0 Å². The number of amides is 1. The van der Waals surface area contributed by atoms with Crippen LogP contribution in [0, 0.1) is 10.1 Å². The predicted octanol–water partition coefficient (Wildman–Crippen LogP) is 3.09. The van der Waals surface area contributed by atoms with Crippen LogP contribution in [0.4, 0.5) is 11.4 Å². The molecule has 0 aliphatic heterocycles. The van der Waals surface area contributed by atoms with E-state index in [1.165, 1.54) is 30.5 Å². The van der Waals surface area contributed by atoms with Crippen molar-refractivity contribution >= 4 is 46.5 Å². The third kappa shape index (κ3) is 4.64. The van der Waals surface area contributed by atoms with Crippen molar-refractivity contribution in [3.63, 3.8) is 0 Å². The number of carbonyl (C=O) groups excluding carboxylic acids is 2. The topological polar surface area (TPSA) is 111 Å². The van der Waals surface area contributed by atoms with Crippen LogP contribution in [-0.2, 0) is 9.53 Å². The summed E-state index contributed by atoms with van der Waals surface area (Å²) in [7, 11) is 0. The number of anilines is 1. The molecule has 1 heterocycles. The fourth-order valence-electron chi connectivity index (χ4n) is 1.64. The number of ether oxygens (including phenoxy) is 1. The summed E-state index contributed by atoms with van der Waals surface area (Å²) >= 11 is 11.3. The van der Waals surface area contributed by atoms with E-state index in [1.54, 1.807) is 0 Å². The average molecular weight is 370 g/mol. The fourth-order valence-corrected chi connectivity index (χ4v) is 1.94. The van der Waals surface area contributed by atoms with Gasteiger partial charge in [0.1, 0.15) is 10.2 Å². The second-order valence-corrected chi connectivity index (χ2v) is 5.21. The second-order valence-electron chi connectivity index (χ2n) is 4.42. The Kier molecular flexibility index (Phi) is 5.67. The molecule has 10 heteroatoms. The van der Waals surface area contributed by atoms with Gasteiger partial charge in [0.15, 0.2) is 6.61 Å². The Morgan fingerprint density at radius 1 is 1.25 bits per heavy atom. The van der Waals surface area contributed by atoms with Crippen LogP contribution in [0.3, 0.4) is 0 Å². The van der Waals surface area contributed by atoms with Gasteiger partial charge in [-0.1, -0.05) is 23.2 Å². The molecule has 1 aromatic carbocycles. The molecule has 1 aromatic heterocycles. The van der Waals surface area contributed by atoms with E-state index >= 15 is 0 Å². The highest BCUT2D eigenvalue weighted by atomic mass is 35.5. The van der Waals surface area contributed by atoms with E-state index in [2.05, 4.69) is 10.3 Å². The third-order valence-electron chi connectivity index (χ3n) is 2.72. The minimum absolute atomic E-state index is 0.0559. The van der Waals surface area contributed by atoms with Gasteiger partial charge in [-0.25, -0.2) is 9.78 Å². The zero-order chi connectivity index (χ0) is 17.7. The summed E-state index contributed by atoms with van der Waals surface area (Å²) in [6.07, 6.45) is 1.21. The number of nitrogens with one attached hydrogen (secondary N) is 1. The molecule has 0 saturated heterocycles. The number of pyridine rings is 1. The summed E-state index contributed by atoms with van der Waals surface area (Å²) in [5.41, 5.74) is -0.0617. The Bertz CT molecular complexity index is 795. The smallest absolute Gasteiger partial charge is 0.340 e. The van der Waals surface area contributed by atoms with E-state index < -0.39 is 23.4 Å². The van der Waals surface area contributed by atoms with Crippen molar-refractivity contribution in [1.29, 1.82) is 0 Å². The maximum atomic E-state index is 11.7. The van der Waals surface area contributed by atoms with E-state index in [0.717, 1.165) is 6.07 Å². The van der Waals surface area contributed by atoms with Gasteiger partial charge < -0.3 is 10.1 Å². The monoisotopic (exact) mass is 369 g/mol. The van der Waals surface area contributed by atoms with Crippen LogP contribution in [0.15, 0.2) is 36.5 Å². The Morgan fingerprint density at radius 2 is 2.00 bits per heavy atom. The summed E-state index contributed by atoms with van der Waals surface area (Å²) in [6, 6.07) is 6.58. The molecule has 8 nitrogen and oxygen atoms in total. The number of nitro benzene ring substituents is 1. The highest BCUT2D eigenvalue weighted by molar-refractivity contribution is 6.32. The lowest BCUT2D eigenvalue weighted by Gasteiger charge is -2.07. The van der Waals surface area contributed by atoms with Crippen LogP contribution >= 0.6 is 23.2 Å². The first-order valence-corrected chi connectivity index (χ1v) is 7.15. The van der Waals surface area contributed by atoms with Crippen LogP contribution in [-0.4, -0.2) is 28.4 Å². The largest absolute Gasteiger partial charge is 0.452 e. The van der Waals surface area contributed by atoms with Crippen LogP contribution in [0.1, 0.15) is 10.4 Å². The Balaban J connectivity index is 1.94. The van der Waals surface area contributed by atoms with E-state index in [0.29, 0.717) is 0 Å². The molecule has 124 valence electrons. The summed E-state index contributed by atoms with van der Waals surface area (Å²) in [6.45, 7) is -0.572. The molecule has 1 N–H and O–H groups in total. The molecule has 0 bridgehead atoms. The van der Waals surface area contributed by atoms with E-state index in [-0.39, 0.29) is 27.1 Å². The molecule has 0 aliphatic carbocycles. The van der Waals surface area contributed by atoms with Gasteiger partial charge in [-0.3, -0.25) is 14.9 Å². The molecular formula is C14H9Cl2N3O5. The zero-order valence-corrected chi connectivity index (χ0v) is 13.4. The number of benzene rings is 1. The van der Waals surface area contributed by atoms with Gasteiger partial charge in [-0.05, 0) is 24.3 Å². The Morgan fingerprint density at radius 3 is 2.62 bits per heavy atom. The fraction of sp³-hybridized carbons (Fsp3) is 0.0714. The Hall–Kier alpha value is -2.71. The van der Waals surface area contributed by atoms with Crippen molar-refractivity contribution in [2.75, 3.05) is 11.9 Å². The molecular weight excluding hydrogens is 361 g/mol. The highest BCUT2D eigenvalue weighted by Crippen LogP contribution is 2.27. The Labute approximate surface area is 145 Å². The van der Waals surface area contributed by atoms with Gasteiger partial charge in [0, 0.05) is 18.0 Å². The van der Waals surface area contributed by atoms with Gasteiger partial charge in [-0.15, -0.1) is 0 Å². The number of nitro groups is 1. The van der Waals surface area contributed by atoms with E-state index in [1.807, 2.05) is 0 Å². The van der Waals surface area contributed by atoms with Crippen molar-refractivity contribution in [2.45, 2.75) is 0 Å². The van der Waals surface area contributed by atoms with Crippen molar-refractivity contribution < 1.29 is 19.2 Å². The van der Waals surface area contributed by atoms with Crippen LogP contribution in [0.2, 0.25) is 10.2 Å². The summed E-state index contributed by atoms with van der Waals surface area (Å²) in [5.74, 6) is -1.42. The predicted molar refractivity (Wildman–Crippen MR) is 86.3 cm³/mol. The average Bonchev–Trinajstić information content (AvgIpc) is 2.55. The second kappa shape index (κ2) is 7.71. The molecule has 0 unspecified atom stereocenters. The molecule has 2 aromatic rings. The molecule has 2 rings (SSSR count). The number of hydrogen-bond acceptors (Lipinski definition) is 6. The molecule has 1 amide bonds. The molecule has 0 atom stereocenters. The first kappa shape index (κ1) is 17.6. The normalized spacial score (nSPS) is 10.1. The molecule has 0 radical (unpaired) electrons. The number of hydrogen-bond donors (Lipinski definition) is 1. The van der Waals surface area contributed by atoms with Crippen molar-refractivity contribution in [1.82, 2.24) is 4.98 Å². The van der Waals surface area contributed by atoms with Gasteiger partial charge in [-0.2, -0.15) is 0 Å². The summed E-state index contributed by atoms with van der Waals surface area (Å²) in [4.78, 5) is 37.3.